The first-order chi connectivity index (χ1) is 27.3. The molecule has 0 radical (unpaired) electrons. The van der Waals surface area contributed by atoms with Gasteiger partial charge in [0.15, 0.2) is 0 Å². The van der Waals surface area contributed by atoms with Crippen LogP contribution >= 0.6 is 11.3 Å². The summed E-state index contributed by atoms with van der Waals surface area (Å²) in [5, 5.41) is 18.1. The molecule has 0 aliphatic carbocycles. The van der Waals surface area contributed by atoms with Crippen molar-refractivity contribution in [3.8, 4) is 33.4 Å². The van der Waals surface area contributed by atoms with Crippen molar-refractivity contribution in [1.29, 1.82) is 0 Å². The van der Waals surface area contributed by atoms with Crippen LogP contribution in [0, 0.1) is 0 Å². The molecule has 0 atom stereocenters. The molecule has 0 aliphatic heterocycles. The zero-order valence-electron chi connectivity index (χ0n) is 29.9. The summed E-state index contributed by atoms with van der Waals surface area (Å²) in [5.74, 6) is 0. The van der Waals surface area contributed by atoms with Crippen LogP contribution in [0.15, 0.2) is 194 Å². The van der Waals surface area contributed by atoms with Gasteiger partial charge < -0.3 is 0 Å². The van der Waals surface area contributed by atoms with Crippen LogP contribution in [-0.2, 0) is 0 Å². The summed E-state index contributed by atoms with van der Waals surface area (Å²) >= 11 is 1.92. The van der Waals surface area contributed by atoms with Crippen molar-refractivity contribution in [1.82, 2.24) is 0 Å². The molecule has 11 aromatic carbocycles. The Hall–Kier alpha value is -6.80. The fourth-order valence-corrected chi connectivity index (χ4v) is 10.7. The van der Waals surface area contributed by atoms with Gasteiger partial charge in [-0.15, -0.1) is 11.3 Å². The molecule has 0 saturated carbocycles. The van der Waals surface area contributed by atoms with Crippen LogP contribution in [0.25, 0.3) is 118 Å². The van der Waals surface area contributed by atoms with E-state index in [2.05, 4.69) is 194 Å². The summed E-state index contributed by atoms with van der Waals surface area (Å²) < 4.78 is 2.69. The van der Waals surface area contributed by atoms with Gasteiger partial charge in [0.05, 0.1) is 0 Å². The predicted molar refractivity (Wildman–Crippen MR) is 241 cm³/mol. The molecule has 1 heterocycles. The summed E-state index contributed by atoms with van der Waals surface area (Å²) in [4.78, 5) is 0. The highest BCUT2D eigenvalue weighted by Gasteiger charge is 2.21. The number of hydrogen-bond donors (Lipinski definition) is 0. The van der Waals surface area contributed by atoms with Crippen LogP contribution in [0.1, 0.15) is 0 Å². The first-order valence-electron chi connectivity index (χ1n) is 19.0. The van der Waals surface area contributed by atoms with Crippen LogP contribution in [-0.4, -0.2) is 0 Å². The lowest BCUT2D eigenvalue weighted by molar-refractivity contribution is 1.67. The molecule has 12 aromatic rings. The topological polar surface area (TPSA) is 0 Å². The fourth-order valence-electron chi connectivity index (χ4n) is 9.50. The van der Waals surface area contributed by atoms with Gasteiger partial charge in [0.1, 0.15) is 0 Å². The highest BCUT2D eigenvalue weighted by molar-refractivity contribution is 7.27. The molecule has 0 fully saturated rings. The van der Waals surface area contributed by atoms with Gasteiger partial charge >= 0.3 is 0 Å². The van der Waals surface area contributed by atoms with Gasteiger partial charge in [-0.25, -0.2) is 0 Å². The molecule has 0 bridgehead atoms. The normalized spacial score (nSPS) is 12.0. The van der Waals surface area contributed by atoms with E-state index < -0.39 is 0 Å². The quantitative estimate of drug-likeness (QED) is 0.126. The summed E-state index contributed by atoms with van der Waals surface area (Å²) in [6.07, 6.45) is 0. The first kappa shape index (κ1) is 30.6. The second-order valence-corrected chi connectivity index (χ2v) is 15.7. The third-order valence-electron chi connectivity index (χ3n) is 11.8. The third kappa shape index (κ3) is 4.45. The SMILES string of the molecule is c1ccc2c(-c3c4ccccc4c(-c4ccc(-c5ccc6sc7c8ccccc8c8ccccc8c7c6c5)c5ccccc45)c4ccccc34)cccc2c1. The van der Waals surface area contributed by atoms with E-state index in [1.54, 1.807) is 0 Å². The molecule has 12 rings (SSSR count). The molecule has 0 N–H and O–H groups in total. The molecular formula is C54H32S. The molecule has 55 heavy (non-hydrogen) atoms. The van der Waals surface area contributed by atoms with Crippen LogP contribution in [0.3, 0.4) is 0 Å². The zero-order chi connectivity index (χ0) is 36.0. The van der Waals surface area contributed by atoms with Crippen molar-refractivity contribution in [2.24, 2.45) is 0 Å². The second kappa shape index (κ2) is 11.9. The molecule has 0 aliphatic rings. The lowest BCUT2D eigenvalue weighted by Gasteiger charge is -2.20. The van der Waals surface area contributed by atoms with Crippen LogP contribution in [0.4, 0.5) is 0 Å². The fraction of sp³-hybridized carbons (Fsp3) is 0. The van der Waals surface area contributed by atoms with Gasteiger partial charge in [0, 0.05) is 25.6 Å². The Labute approximate surface area is 322 Å². The third-order valence-corrected chi connectivity index (χ3v) is 13.0. The van der Waals surface area contributed by atoms with Crippen molar-refractivity contribution in [2.75, 3.05) is 0 Å². The van der Waals surface area contributed by atoms with E-state index >= 15 is 0 Å². The maximum atomic E-state index is 2.45. The van der Waals surface area contributed by atoms with Crippen LogP contribution in [0.5, 0.6) is 0 Å². The molecule has 0 nitrogen and oxygen atoms in total. The second-order valence-electron chi connectivity index (χ2n) is 14.7. The number of rotatable bonds is 3. The van der Waals surface area contributed by atoms with Gasteiger partial charge in [0.2, 0.25) is 0 Å². The van der Waals surface area contributed by atoms with Gasteiger partial charge in [-0.3, -0.25) is 0 Å². The zero-order valence-corrected chi connectivity index (χ0v) is 30.7. The average molecular weight is 713 g/mol. The molecule has 0 amide bonds. The summed E-state index contributed by atoms with van der Waals surface area (Å²) in [6.45, 7) is 0. The Morgan fingerprint density at radius 3 is 1.38 bits per heavy atom. The Kier molecular flexibility index (Phi) is 6.60. The highest BCUT2D eigenvalue weighted by Crippen LogP contribution is 2.49. The van der Waals surface area contributed by atoms with E-state index in [1.165, 1.54) is 118 Å². The van der Waals surface area contributed by atoms with Crippen molar-refractivity contribution < 1.29 is 0 Å². The van der Waals surface area contributed by atoms with Gasteiger partial charge in [-0.1, -0.05) is 182 Å². The Balaban J connectivity index is 1.12. The number of benzene rings is 11. The molecule has 0 unspecified atom stereocenters. The molecular weight excluding hydrogens is 681 g/mol. The number of fused-ring (bicyclic) bond motifs is 12. The maximum Gasteiger partial charge on any atom is 0.0440 e. The maximum absolute atomic E-state index is 2.45. The Morgan fingerprint density at radius 2 is 0.727 bits per heavy atom. The van der Waals surface area contributed by atoms with E-state index in [0.29, 0.717) is 0 Å². The van der Waals surface area contributed by atoms with E-state index in [9.17, 15) is 0 Å². The molecule has 1 aromatic heterocycles. The average Bonchev–Trinajstić information content (AvgIpc) is 3.65. The Morgan fingerprint density at radius 1 is 0.273 bits per heavy atom. The lowest BCUT2D eigenvalue weighted by atomic mass is 9.83. The summed E-state index contributed by atoms with van der Waals surface area (Å²) in [6, 6.07) is 72.1. The first-order valence-corrected chi connectivity index (χ1v) is 19.8. The molecule has 0 spiro atoms. The lowest BCUT2D eigenvalue weighted by Crippen LogP contribution is -1.93. The molecule has 254 valence electrons. The minimum absolute atomic E-state index is 1.24. The summed E-state index contributed by atoms with van der Waals surface area (Å²) in [7, 11) is 0. The Bertz CT molecular complexity index is 3490. The monoisotopic (exact) mass is 712 g/mol. The van der Waals surface area contributed by atoms with Gasteiger partial charge in [0.25, 0.3) is 0 Å². The van der Waals surface area contributed by atoms with Crippen molar-refractivity contribution in [3.63, 3.8) is 0 Å². The molecule has 1 heteroatoms. The van der Waals surface area contributed by atoms with Gasteiger partial charge in [-0.2, -0.15) is 0 Å². The number of hydrogen-bond acceptors (Lipinski definition) is 1. The predicted octanol–water partition coefficient (Wildman–Crippen LogP) is 16.0. The van der Waals surface area contributed by atoms with E-state index in [-0.39, 0.29) is 0 Å². The molecule has 0 saturated heterocycles. The standard InChI is InChI=1S/C54H32S/c1-2-16-35-33(14-1)15-13-27-41(35)51-43-22-8-10-24-45(43)52(46-25-11-9-23-44(46)51)47-30-29-36(37-17-3-4-18-38(37)47)34-28-31-50-49(32-34)53-42-21-7-5-19-39(42)40-20-6-12-26-48(40)54(53)55-50/h1-32H. The van der Waals surface area contributed by atoms with Crippen LogP contribution in [0.2, 0.25) is 0 Å². The minimum atomic E-state index is 1.24. The van der Waals surface area contributed by atoms with Crippen molar-refractivity contribution in [2.45, 2.75) is 0 Å². The van der Waals surface area contributed by atoms with Crippen LogP contribution < -0.4 is 0 Å². The van der Waals surface area contributed by atoms with Gasteiger partial charge in [-0.05, 0) is 105 Å². The van der Waals surface area contributed by atoms with E-state index in [1.807, 2.05) is 11.3 Å². The smallest absolute Gasteiger partial charge is 0.0440 e. The summed E-state index contributed by atoms with van der Waals surface area (Å²) in [5.41, 5.74) is 7.62. The highest BCUT2D eigenvalue weighted by atomic mass is 32.1. The number of thiophene rings is 1. The van der Waals surface area contributed by atoms with Crippen molar-refractivity contribution in [3.05, 3.63) is 194 Å². The largest absolute Gasteiger partial charge is 0.135 e. The van der Waals surface area contributed by atoms with E-state index in [0.717, 1.165) is 0 Å². The van der Waals surface area contributed by atoms with Crippen molar-refractivity contribution >= 4 is 96.1 Å². The van der Waals surface area contributed by atoms with E-state index in [4.69, 9.17) is 0 Å². The minimum Gasteiger partial charge on any atom is -0.135 e.